The third kappa shape index (κ3) is 3.25. The second-order valence-electron chi connectivity index (χ2n) is 5.91. The predicted octanol–water partition coefficient (Wildman–Crippen LogP) is 2.26. The summed E-state index contributed by atoms with van der Waals surface area (Å²) in [6, 6.07) is 3.24. The summed E-state index contributed by atoms with van der Waals surface area (Å²) < 4.78 is 40.0. The molecule has 1 aromatic carbocycles. The van der Waals surface area contributed by atoms with Gasteiger partial charge in [0.05, 0.1) is 5.69 Å². The van der Waals surface area contributed by atoms with Gasteiger partial charge in [0.1, 0.15) is 10.7 Å². The number of nitrogens with one attached hydrogen (secondary N) is 1. The fourth-order valence-corrected chi connectivity index (χ4v) is 3.97. The van der Waals surface area contributed by atoms with Crippen LogP contribution in [0.1, 0.15) is 33.1 Å². The van der Waals surface area contributed by atoms with Crippen LogP contribution in [-0.4, -0.2) is 14.5 Å². The quantitative estimate of drug-likeness (QED) is 0.837. The van der Waals surface area contributed by atoms with Crippen molar-refractivity contribution in [1.29, 1.82) is 0 Å². The van der Waals surface area contributed by atoms with Crippen molar-refractivity contribution < 1.29 is 12.8 Å². The number of nitrogen functional groups attached to an aromatic ring is 1. The van der Waals surface area contributed by atoms with Gasteiger partial charge >= 0.3 is 0 Å². The standard InChI is InChI=1S/C13H19FN2O2S/c1-13(2)6-5-10(8-13)16-19(17,18)12-4-3-9(14)7-11(12)15/h3-4,7,10,16H,5-6,8,15H2,1-2H3. The summed E-state index contributed by atoms with van der Waals surface area (Å²) in [6.45, 7) is 4.24. The van der Waals surface area contributed by atoms with E-state index in [0.29, 0.717) is 0 Å². The van der Waals surface area contributed by atoms with Crippen LogP contribution in [0.4, 0.5) is 10.1 Å². The van der Waals surface area contributed by atoms with Gasteiger partial charge in [-0.1, -0.05) is 13.8 Å². The van der Waals surface area contributed by atoms with Crippen LogP contribution in [0.15, 0.2) is 23.1 Å². The van der Waals surface area contributed by atoms with Gasteiger partial charge in [-0.3, -0.25) is 0 Å². The third-order valence-corrected chi connectivity index (χ3v) is 5.15. The highest BCUT2D eigenvalue weighted by atomic mass is 32.2. The summed E-state index contributed by atoms with van der Waals surface area (Å²) in [7, 11) is -3.68. The van der Waals surface area contributed by atoms with Crippen LogP contribution in [0.25, 0.3) is 0 Å². The molecule has 1 fully saturated rings. The van der Waals surface area contributed by atoms with Crippen molar-refractivity contribution in [3.8, 4) is 0 Å². The van der Waals surface area contributed by atoms with Gasteiger partial charge in [0, 0.05) is 6.04 Å². The second-order valence-corrected chi connectivity index (χ2v) is 7.59. The largest absolute Gasteiger partial charge is 0.398 e. The Hall–Kier alpha value is -1.14. The van der Waals surface area contributed by atoms with Crippen LogP contribution in [0.3, 0.4) is 0 Å². The number of hydrogen-bond donors (Lipinski definition) is 2. The average molecular weight is 286 g/mol. The highest BCUT2D eigenvalue weighted by molar-refractivity contribution is 7.89. The molecule has 19 heavy (non-hydrogen) atoms. The molecule has 2 rings (SSSR count). The maximum atomic E-state index is 12.9. The highest BCUT2D eigenvalue weighted by Gasteiger charge is 2.33. The molecule has 0 amide bonds. The van der Waals surface area contributed by atoms with Gasteiger partial charge in [-0.15, -0.1) is 0 Å². The average Bonchev–Trinajstić information content (AvgIpc) is 2.56. The van der Waals surface area contributed by atoms with Crippen molar-refractivity contribution in [3.63, 3.8) is 0 Å². The molecule has 106 valence electrons. The molecule has 1 atom stereocenters. The van der Waals surface area contributed by atoms with Gasteiger partial charge in [0.25, 0.3) is 0 Å². The summed E-state index contributed by atoms with van der Waals surface area (Å²) >= 11 is 0. The molecular formula is C13H19FN2O2S. The molecule has 0 radical (unpaired) electrons. The molecule has 0 heterocycles. The molecule has 1 aromatic rings. The van der Waals surface area contributed by atoms with Crippen LogP contribution in [0.5, 0.6) is 0 Å². The van der Waals surface area contributed by atoms with E-state index in [1.165, 1.54) is 6.07 Å². The minimum absolute atomic E-state index is 0.0568. The first-order chi connectivity index (χ1) is 8.70. The lowest BCUT2D eigenvalue weighted by molar-refractivity contribution is 0.372. The van der Waals surface area contributed by atoms with E-state index < -0.39 is 15.8 Å². The molecule has 1 aliphatic rings. The van der Waals surface area contributed by atoms with Gasteiger partial charge in [0.2, 0.25) is 10.0 Å². The first-order valence-corrected chi connectivity index (χ1v) is 7.75. The Kier molecular flexibility index (Phi) is 3.57. The Morgan fingerprint density at radius 1 is 1.42 bits per heavy atom. The van der Waals surface area contributed by atoms with Crippen molar-refractivity contribution in [3.05, 3.63) is 24.0 Å². The Morgan fingerprint density at radius 3 is 2.63 bits per heavy atom. The highest BCUT2D eigenvalue weighted by Crippen LogP contribution is 2.37. The van der Waals surface area contributed by atoms with E-state index in [4.69, 9.17) is 5.73 Å². The minimum Gasteiger partial charge on any atom is -0.398 e. The SMILES string of the molecule is CC1(C)CCC(NS(=O)(=O)c2ccc(F)cc2N)C1. The molecule has 0 spiro atoms. The van der Waals surface area contributed by atoms with Crippen LogP contribution < -0.4 is 10.5 Å². The number of hydrogen-bond acceptors (Lipinski definition) is 3. The summed E-state index contributed by atoms with van der Waals surface area (Å²) in [5.41, 5.74) is 5.67. The lowest BCUT2D eigenvalue weighted by atomic mass is 9.92. The van der Waals surface area contributed by atoms with Gasteiger partial charge in [0.15, 0.2) is 0 Å². The van der Waals surface area contributed by atoms with Crippen LogP contribution in [0.2, 0.25) is 0 Å². The fraction of sp³-hybridized carbons (Fsp3) is 0.538. The Morgan fingerprint density at radius 2 is 2.11 bits per heavy atom. The first kappa shape index (κ1) is 14.3. The first-order valence-electron chi connectivity index (χ1n) is 6.27. The number of halogens is 1. The zero-order valence-electron chi connectivity index (χ0n) is 11.1. The van der Waals surface area contributed by atoms with E-state index in [9.17, 15) is 12.8 Å². The van der Waals surface area contributed by atoms with Crippen LogP contribution in [0, 0.1) is 11.2 Å². The summed E-state index contributed by atoms with van der Waals surface area (Å²) in [4.78, 5) is -0.0568. The van der Waals surface area contributed by atoms with Gasteiger partial charge in [-0.05, 0) is 42.9 Å². The Bertz CT molecular complexity index is 584. The van der Waals surface area contributed by atoms with E-state index in [1.54, 1.807) is 0 Å². The number of rotatable bonds is 3. The molecule has 0 aliphatic heterocycles. The van der Waals surface area contributed by atoms with E-state index >= 15 is 0 Å². The number of sulfonamides is 1. The van der Waals surface area contributed by atoms with E-state index in [1.807, 2.05) is 0 Å². The van der Waals surface area contributed by atoms with E-state index in [2.05, 4.69) is 18.6 Å². The van der Waals surface area contributed by atoms with Crippen molar-refractivity contribution in [2.45, 2.75) is 44.0 Å². The topological polar surface area (TPSA) is 72.2 Å². The number of nitrogens with two attached hydrogens (primary N) is 1. The molecule has 1 saturated carbocycles. The van der Waals surface area contributed by atoms with Crippen molar-refractivity contribution in [2.24, 2.45) is 5.41 Å². The summed E-state index contributed by atoms with van der Waals surface area (Å²) in [5.74, 6) is -0.543. The molecule has 1 unspecified atom stereocenters. The minimum atomic E-state index is -3.68. The van der Waals surface area contributed by atoms with Crippen molar-refractivity contribution >= 4 is 15.7 Å². The van der Waals surface area contributed by atoms with E-state index in [-0.39, 0.29) is 22.0 Å². The fourth-order valence-electron chi connectivity index (χ4n) is 2.58. The monoisotopic (exact) mass is 286 g/mol. The molecule has 6 heteroatoms. The lowest BCUT2D eigenvalue weighted by Crippen LogP contribution is -2.34. The van der Waals surface area contributed by atoms with Crippen LogP contribution >= 0.6 is 0 Å². The van der Waals surface area contributed by atoms with Crippen molar-refractivity contribution in [1.82, 2.24) is 4.72 Å². The third-order valence-electron chi connectivity index (χ3n) is 3.55. The molecule has 4 nitrogen and oxygen atoms in total. The summed E-state index contributed by atoms with van der Waals surface area (Å²) in [5, 5.41) is 0. The maximum absolute atomic E-state index is 12.9. The van der Waals surface area contributed by atoms with Gasteiger partial charge < -0.3 is 5.73 Å². The second kappa shape index (κ2) is 4.76. The molecule has 0 aromatic heterocycles. The van der Waals surface area contributed by atoms with E-state index in [0.717, 1.165) is 31.4 Å². The molecule has 0 bridgehead atoms. The molecule has 1 aliphatic carbocycles. The zero-order chi connectivity index (χ0) is 14.3. The predicted molar refractivity (Wildman–Crippen MR) is 72.6 cm³/mol. The summed E-state index contributed by atoms with van der Waals surface area (Å²) in [6.07, 6.45) is 2.60. The zero-order valence-corrected chi connectivity index (χ0v) is 11.9. The molecule has 0 saturated heterocycles. The Balaban J connectivity index is 2.19. The van der Waals surface area contributed by atoms with Crippen LogP contribution in [-0.2, 0) is 10.0 Å². The maximum Gasteiger partial charge on any atom is 0.242 e. The molecule has 3 N–H and O–H groups in total. The van der Waals surface area contributed by atoms with Gasteiger partial charge in [-0.25, -0.2) is 17.5 Å². The van der Waals surface area contributed by atoms with Crippen molar-refractivity contribution in [2.75, 3.05) is 5.73 Å². The van der Waals surface area contributed by atoms with Gasteiger partial charge in [-0.2, -0.15) is 0 Å². The Labute approximate surface area is 113 Å². The molecular weight excluding hydrogens is 267 g/mol. The smallest absolute Gasteiger partial charge is 0.242 e. The normalized spacial score (nSPS) is 22.6. The number of anilines is 1. The lowest BCUT2D eigenvalue weighted by Gasteiger charge is -2.18. The number of benzene rings is 1.